The molecule has 0 saturated carbocycles. The Morgan fingerprint density at radius 2 is 1.85 bits per heavy atom. The molecule has 1 unspecified atom stereocenters. The fourth-order valence-electron chi connectivity index (χ4n) is 4.43. The van der Waals surface area contributed by atoms with E-state index >= 15 is 0 Å². The normalized spacial score (nSPS) is 17.4. The highest BCUT2D eigenvalue weighted by molar-refractivity contribution is 7.90. The lowest BCUT2D eigenvalue weighted by atomic mass is 9.97. The highest BCUT2D eigenvalue weighted by Gasteiger charge is 2.39. The fraction of sp³-hybridized carbons (Fsp3) is 0.320. The molecule has 178 valence electrons. The van der Waals surface area contributed by atoms with Crippen LogP contribution in [0.5, 0.6) is 0 Å². The van der Waals surface area contributed by atoms with E-state index in [1.165, 1.54) is 6.07 Å². The van der Waals surface area contributed by atoms with Crippen molar-refractivity contribution < 1.29 is 13.2 Å². The van der Waals surface area contributed by atoms with E-state index in [9.17, 15) is 13.2 Å². The van der Waals surface area contributed by atoms with Crippen LogP contribution >= 0.6 is 0 Å². The number of amides is 1. The van der Waals surface area contributed by atoms with Gasteiger partial charge in [-0.05, 0) is 56.0 Å². The highest BCUT2D eigenvalue weighted by Crippen LogP contribution is 2.37. The van der Waals surface area contributed by atoms with E-state index in [-0.39, 0.29) is 16.1 Å². The molecule has 1 amide bonds. The Balaban J connectivity index is 1.53. The molecule has 1 aromatic carbocycles. The Morgan fingerprint density at radius 1 is 1.09 bits per heavy atom. The first-order valence-corrected chi connectivity index (χ1v) is 12.7. The molecule has 1 fully saturated rings. The van der Waals surface area contributed by atoms with Crippen LogP contribution in [0.15, 0.2) is 71.9 Å². The van der Waals surface area contributed by atoms with Gasteiger partial charge in [-0.25, -0.2) is 14.7 Å². The van der Waals surface area contributed by atoms with Gasteiger partial charge in [0.15, 0.2) is 5.03 Å². The molecule has 0 radical (unpaired) electrons. The van der Waals surface area contributed by atoms with Gasteiger partial charge in [-0.15, -0.1) is 0 Å². The topological polar surface area (TPSA) is 104 Å². The Kier molecular flexibility index (Phi) is 6.56. The van der Waals surface area contributed by atoms with E-state index in [0.29, 0.717) is 24.1 Å². The van der Waals surface area contributed by atoms with Gasteiger partial charge in [0.1, 0.15) is 11.6 Å². The molecule has 4 rings (SSSR count). The molecule has 3 aromatic rings. The minimum absolute atomic E-state index is 0.192. The summed E-state index contributed by atoms with van der Waals surface area (Å²) in [6.07, 6.45) is 2.57. The summed E-state index contributed by atoms with van der Waals surface area (Å²) >= 11 is 0. The SMILES string of the molecule is CC1CN(c2ncccc2C(=O)NS(=O)(=O)c2cccc(NCc3ccccc3)n2)C(C)(C)C1. The summed E-state index contributed by atoms with van der Waals surface area (Å²) in [4.78, 5) is 23.8. The molecule has 0 spiro atoms. The van der Waals surface area contributed by atoms with Gasteiger partial charge in [-0.3, -0.25) is 4.79 Å². The van der Waals surface area contributed by atoms with Crippen molar-refractivity contribution in [2.45, 2.75) is 44.3 Å². The Labute approximate surface area is 200 Å². The summed E-state index contributed by atoms with van der Waals surface area (Å²) in [5, 5.41) is 2.88. The molecular formula is C25H29N5O3S. The first-order chi connectivity index (χ1) is 16.2. The molecule has 1 aliphatic rings. The number of hydrogen-bond acceptors (Lipinski definition) is 7. The summed E-state index contributed by atoms with van der Waals surface area (Å²) in [6, 6.07) is 17.6. The summed E-state index contributed by atoms with van der Waals surface area (Å²) in [5.74, 6) is 0.583. The Bertz CT molecular complexity index is 1280. The average molecular weight is 480 g/mol. The minimum Gasteiger partial charge on any atom is -0.366 e. The van der Waals surface area contributed by atoms with Crippen molar-refractivity contribution >= 4 is 27.6 Å². The second-order valence-electron chi connectivity index (χ2n) is 9.24. The number of sulfonamides is 1. The van der Waals surface area contributed by atoms with E-state index in [1.807, 2.05) is 30.3 Å². The van der Waals surface area contributed by atoms with Gasteiger partial charge >= 0.3 is 0 Å². The van der Waals surface area contributed by atoms with Crippen molar-refractivity contribution in [2.24, 2.45) is 5.92 Å². The second kappa shape index (κ2) is 9.42. The van der Waals surface area contributed by atoms with E-state index in [4.69, 9.17) is 0 Å². The van der Waals surface area contributed by atoms with Crippen molar-refractivity contribution in [3.05, 3.63) is 78.0 Å². The monoisotopic (exact) mass is 479 g/mol. The van der Waals surface area contributed by atoms with Crippen LogP contribution in [0, 0.1) is 5.92 Å². The lowest BCUT2D eigenvalue weighted by Crippen LogP contribution is -2.41. The molecule has 34 heavy (non-hydrogen) atoms. The molecule has 1 saturated heterocycles. The molecule has 1 atom stereocenters. The summed E-state index contributed by atoms with van der Waals surface area (Å²) < 4.78 is 28.2. The Hall–Kier alpha value is -3.46. The zero-order valence-corrected chi connectivity index (χ0v) is 20.3. The number of benzene rings is 1. The van der Waals surface area contributed by atoms with Crippen molar-refractivity contribution in [3.63, 3.8) is 0 Å². The maximum atomic E-state index is 13.1. The summed E-state index contributed by atoms with van der Waals surface area (Å²) in [7, 11) is -4.19. The van der Waals surface area contributed by atoms with Crippen LogP contribution in [0.4, 0.5) is 11.6 Å². The third-order valence-electron chi connectivity index (χ3n) is 5.90. The number of rotatable bonds is 7. The van der Waals surface area contributed by atoms with Gasteiger partial charge in [0.2, 0.25) is 0 Å². The molecule has 8 nitrogen and oxygen atoms in total. The van der Waals surface area contributed by atoms with Crippen molar-refractivity contribution in [2.75, 3.05) is 16.8 Å². The molecule has 2 aromatic heterocycles. The van der Waals surface area contributed by atoms with E-state index in [2.05, 4.69) is 45.7 Å². The number of pyridine rings is 2. The zero-order valence-electron chi connectivity index (χ0n) is 19.5. The van der Waals surface area contributed by atoms with Gasteiger partial charge < -0.3 is 10.2 Å². The number of nitrogens with one attached hydrogen (secondary N) is 2. The number of nitrogens with zero attached hydrogens (tertiary/aromatic N) is 3. The van der Waals surface area contributed by atoms with Crippen LogP contribution in [-0.2, 0) is 16.6 Å². The van der Waals surface area contributed by atoms with Gasteiger partial charge in [-0.2, -0.15) is 8.42 Å². The zero-order chi connectivity index (χ0) is 24.3. The first kappa shape index (κ1) is 23.7. The van der Waals surface area contributed by atoms with Crippen LogP contribution in [0.3, 0.4) is 0 Å². The van der Waals surface area contributed by atoms with E-state index in [0.717, 1.165) is 18.5 Å². The third kappa shape index (κ3) is 5.20. The number of anilines is 2. The summed E-state index contributed by atoms with van der Waals surface area (Å²) in [5.41, 5.74) is 1.06. The number of aromatic nitrogens is 2. The molecular weight excluding hydrogens is 450 g/mol. The third-order valence-corrected chi connectivity index (χ3v) is 7.13. The standard InChI is InChI=1S/C25H29N5O3S/c1-18-15-25(2,3)30(17-18)23-20(11-8-14-26-23)24(31)29-34(32,33)22-13-7-12-21(28-22)27-16-19-9-5-4-6-10-19/h4-14,18H,15-17H2,1-3H3,(H,27,28)(H,29,31). The van der Waals surface area contributed by atoms with Crippen LogP contribution in [-0.4, -0.2) is 36.4 Å². The maximum Gasteiger partial charge on any atom is 0.281 e. The van der Waals surface area contributed by atoms with E-state index < -0.39 is 15.9 Å². The van der Waals surface area contributed by atoms with Gasteiger partial charge in [0.05, 0.1) is 5.56 Å². The van der Waals surface area contributed by atoms with Crippen LogP contribution in [0.2, 0.25) is 0 Å². The van der Waals surface area contributed by atoms with E-state index in [1.54, 1.807) is 30.5 Å². The van der Waals surface area contributed by atoms with Crippen molar-refractivity contribution in [1.29, 1.82) is 0 Å². The molecule has 3 heterocycles. The minimum atomic E-state index is -4.19. The van der Waals surface area contributed by atoms with Gasteiger partial charge in [0, 0.05) is 24.8 Å². The lowest BCUT2D eigenvalue weighted by molar-refractivity contribution is 0.0981. The second-order valence-corrected chi connectivity index (χ2v) is 10.9. The van der Waals surface area contributed by atoms with Crippen molar-refractivity contribution in [3.8, 4) is 0 Å². The number of carbonyl (C=O) groups excluding carboxylic acids is 1. The van der Waals surface area contributed by atoms with Crippen LogP contribution in [0.25, 0.3) is 0 Å². The molecule has 0 bridgehead atoms. The van der Waals surface area contributed by atoms with Gasteiger partial charge in [-0.1, -0.05) is 43.3 Å². The maximum absolute atomic E-state index is 13.1. The predicted molar refractivity (Wildman–Crippen MR) is 132 cm³/mol. The number of carbonyl (C=O) groups is 1. The average Bonchev–Trinajstić information content (AvgIpc) is 3.10. The van der Waals surface area contributed by atoms with Gasteiger partial charge in [0.25, 0.3) is 15.9 Å². The molecule has 0 aliphatic carbocycles. The first-order valence-electron chi connectivity index (χ1n) is 11.2. The number of hydrogen-bond donors (Lipinski definition) is 2. The quantitative estimate of drug-likeness (QED) is 0.531. The highest BCUT2D eigenvalue weighted by atomic mass is 32.2. The van der Waals surface area contributed by atoms with Crippen LogP contribution in [0.1, 0.15) is 43.1 Å². The molecule has 1 aliphatic heterocycles. The summed E-state index contributed by atoms with van der Waals surface area (Å²) in [6.45, 7) is 7.59. The van der Waals surface area contributed by atoms with Crippen LogP contribution < -0.4 is 14.9 Å². The smallest absolute Gasteiger partial charge is 0.281 e. The fourth-order valence-corrected chi connectivity index (χ4v) is 5.36. The predicted octanol–water partition coefficient (Wildman–Crippen LogP) is 3.83. The van der Waals surface area contributed by atoms with Crippen molar-refractivity contribution in [1.82, 2.24) is 14.7 Å². The molecule has 9 heteroatoms. The Morgan fingerprint density at radius 3 is 2.56 bits per heavy atom. The lowest BCUT2D eigenvalue weighted by Gasteiger charge is -2.33. The largest absolute Gasteiger partial charge is 0.366 e. The molecule has 2 N–H and O–H groups in total.